The summed E-state index contributed by atoms with van der Waals surface area (Å²) in [6.07, 6.45) is 0.709. The molecular formula is C26H30ClFN4O4. The molecule has 0 aliphatic heterocycles. The second kappa shape index (κ2) is 11.6. The van der Waals surface area contributed by atoms with Crippen molar-refractivity contribution in [3.63, 3.8) is 0 Å². The normalized spacial score (nSPS) is 13.2. The number of rotatable bonds is 9. The van der Waals surface area contributed by atoms with Crippen molar-refractivity contribution in [2.45, 2.75) is 45.9 Å². The summed E-state index contributed by atoms with van der Waals surface area (Å²) in [5.41, 5.74) is 2.65. The average Bonchev–Trinajstić information content (AvgIpc) is 2.80. The molecule has 2 atom stereocenters. The molecule has 2 amide bonds. The number of benzene rings is 2. The number of carbonyl (C=O) groups is 2. The number of aromatic nitrogens is 1. The summed E-state index contributed by atoms with van der Waals surface area (Å²) < 4.78 is 19.0. The van der Waals surface area contributed by atoms with Crippen LogP contribution < -0.4 is 10.7 Å². The lowest BCUT2D eigenvalue weighted by molar-refractivity contribution is -0.141. The molecule has 1 aromatic heterocycles. The molecule has 192 valence electrons. The van der Waals surface area contributed by atoms with E-state index in [1.54, 1.807) is 39.0 Å². The van der Waals surface area contributed by atoms with Gasteiger partial charge in [-0.1, -0.05) is 36.7 Å². The summed E-state index contributed by atoms with van der Waals surface area (Å²) in [5.74, 6) is -1.04. The first-order valence-corrected chi connectivity index (χ1v) is 11.8. The van der Waals surface area contributed by atoms with Gasteiger partial charge in [0.25, 0.3) is 0 Å². The van der Waals surface area contributed by atoms with Gasteiger partial charge in [-0.25, -0.2) is 19.6 Å². The third-order valence-electron chi connectivity index (χ3n) is 6.06. The number of fused-ring (bicyclic) bond motifs is 1. The Morgan fingerprint density at radius 1 is 1.19 bits per heavy atom. The molecule has 3 aromatic rings. The first kappa shape index (κ1) is 27.3. The smallest absolute Gasteiger partial charge is 0.412 e. The van der Waals surface area contributed by atoms with E-state index in [-0.39, 0.29) is 24.9 Å². The van der Waals surface area contributed by atoms with Crippen LogP contribution in [-0.2, 0) is 16.1 Å². The van der Waals surface area contributed by atoms with Gasteiger partial charge in [0, 0.05) is 36.0 Å². The van der Waals surface area contributed by atoms with Crippen LogP contribution in [-0.4, -0.2) is 45.3 Å². The fraction of sp³-hybridized carbons (Fsp3) is 0.346. The summed E-state index contributed by atoms with van der Waals surface area (Å²) in [5, 5.41) is 16.4. The van der Waals surface area contributed by atoms with Crippen molar-refractivity contribution in [3.8, 4) is 0 Å². The zero-order chi connectivity index (χ0) is 26.5. The summed E-state index contributed by atoms with van der Waals surface area (Å²) in [7, 11) is 0. The van der Waals surface area contributed by atoms with Crippen LogP contribution in [0.5, 0.6) is 0 Å². The van der Waals surface area contributed by atoms with Crippen molar-refractivity contribution in [1.29, 1.82) is 0 Å². The minimum atomic E-state index is -1.19. The Balaban J connectivity index is 1.73. The van der Waals surface area contributed by atoms with Crippen molar-refractivity contribution in [2.75, 3.05) is 11.9 Å². The first-order valence-electron chi connectivity index (χ1n) is 11.4. The van der Waals surface area contributed by atoms with Crippen LogP contribution in [0, 0.1) is 11.7 Å². The van der Waals surface area contributed by atoms with E-state index >= 15 is 0 Å². The van der Waals surface area contributed by atoms with E-state index in [4.69, 9.17) is 16.3 Å². The highest BCUT2D eigenvalue weighted by Crippen LogP contribution is 2.24. The fourth-order valence-corrected chi connectivity index (χ4v) is 3.87. The number of nitrogens with one attached hydrogen (secondary N) is 2. The first-order chi connectivity index (χ1) is 17.0. The van der Waals surface area contributed by atoms with Crippen LogP contribution in [0.1, 0.15) is 33.3 Å². The molecule has 8 nitrogen and oxygen atoms in total. The van der Waals surface area contributed by atoms with Gasteiger partial charge in [0.15, 0.2) is 0 Å². The van der Waals surface area contributed by atoms with Crippen LogP contribution in [0.25, 0.3) is 10.8 Å². The molecule has 10 heteroatoms. The van der Waals surface area contributed by atoms with E-state index in [1.165, 1.54) is 36.3 Å². The summed E-state index contributed by atoms with van der Waals surface area (Å²) >= 11 is 6.24. The number of hydrazine groups is 1. The molecule has 0 bridgehead atoms. The van der Waals surface area contributed by atoms with Crippen LogP contribution >= 0.6 is 11.6 Å². The zero-order valence-corrected chi connectivity index (χ0v) is 21.3. The van der Waals surface area contributed by atoms with Gasteiger partial charge in [-0.2, -0.15) is 0 Å². The minimum Gasteiger partial charge on any atom is -0.447 e. The summed E-state index contributed by atoms with van der Waals surface area (Å²) in [6.45, 7) is 6.41. The highest BCUT2D eigenvalue weighted by Gasteiger charge is 2.36. The van der Waals surface area contributed by atoms with E-state index in [0.717, 1.165) is 10.9 Å². The molecule has 0 fully saturated rings. The quantitative estimate of drug-likeness (QED) is 0.349. The van der Waals surface area contributed by atoms with Gasteiger partial charge in [-0.3, -0.25) is 15.1 Å². The lowest BCUT2D eigenvalue weighted by atomic mass is 9.86. The maximum atomic E-state index is 13.5. The van der Waals surface area contributed by atoms with Crippen molar-refractivity contribution in [1.82, 2.24) is 15.4 Å². The lowest BCUT2D eigenvalue weighted by Gasteiger charge is -2.39. The van der Waals surface area contributed by atoms with E-state index in [0.29, 0.717) is 10.4 Å². The van der Waals surface area contributed by atoms with E-state index < -0.39 is 29.5 Å². The maximum Gasteiger partial charge on any atom is 0.412 e. The highest BCUT2D eigenvalue weighted by atomic mass is 35.5. The van der Waals surface area contributed by atoms with Crippen LogP contribution in [0.3, 0.4) is 0 Å². The van der Waals surface area contributed by atoms with Crippen molar-refractivity contribution in [3.05, 3.63) is 71.1 Å². The molecule has 0 radical (unpaired) electrons. The number of pyridine rings is 1. The number of aliphatic hydroxyl groups is 1. The molecule has 1 heterocycles. The Morgan fingerprint density at radius 2 is 1.92 bits per heavy atom. The molecule has 0 saturated carbocycles. The van der Waals surface area contributed by atoms with Gasteiger partial charge in [0.1, 0.15) is 18.2 Å². The summed E-state index contributed by atoms with van der Waals surface area (Å²) in [6, 6.07) is 12.3. The molecular weight excluding hydrogens is 487 g/mol. The number of nitrogens with zero attached hydrogens (tertiary/aromatic N) is 2. The predicted molar refractivity (Wildman–Crippen MR) is 137 cm³/mol. The largest absolute Gasteiger partial charge is 0.447 e. The van der Waals surface area contributed by atoms with E-state index in [1.807, 2.05) is 12.1 Å². The molecule has 2 aromatic carbocycles. The topological polar surface area (TPSA) is 104 Å². The Bertz CT molecular complexity index is 1230. The van der Waals surface area contributed by atoms with Crippen LogP contribution in [0.15, 0.2) is 54.7 Å². The van der Waals surface area contributed by atoms with Crippen LogP contribution in [0.4, 0.5) is 15.0 Å². The second-order valence-electron chi connectivity index (χ2n) is 9.11. The number of carbonyl (C=O) groups excluding carboxylic acids is 2. The monoisotopic (exact) mass is 516 g/mol. The third kappa shape index (κ3) is 7.13. The van der Waals surface area contributed by atoms with Crippen LogP contribution in [0.2, 0.25) is 5.02 Å². The number of halogens is 2. The number of anilines is 1. The van der Waals surface area contributed by atoms with E-state index in [9.17, 15) is 19.1 Å². The minimum absolute atomic E-state index is 0.186. The molecule has 0 saturated heterocycles. The number of amides is 2. The standard InChI is InChI=1S/C26H30ClFN4O4/c1-16(26(3,4)35)23(32(17(2)33)30-14-19-7-5-6-8-22(19)27)15-36-25(34)31-24-12-20-11-21(28)10-9-18(20)13-29-24/h5-13,16,23,30,35H,14-15H2,1-4H3,(H,29,31,34)/t16?,23-/m1/s1. The molecule has 0 aliphatic rings. The van der Waals surface area contributed by atoms with Gasteiger partial charge in [0.05, 0.1) is 11.6 Å². The summed E-state index contributed by atoms with van der Waals surface area (Å²) in [4.78, 5) is 29.3. The van der Waals surface area contributed by atoms with Gasteiger partial charge in [-0.15, -0.1) is 0 Å². The maximum absolute atomic E-state index is 13.5. The SMILES string of the molecule is CC(=O)N(NCc1ccccc1Cl)[C@H](COC(=O)Nc1cc2cc(F)ccc2cn1)C(C)C(C)(C)O. The van der Waals surface area contributed by atoms with Crippen molar-refractivity contribution < 1.29 is 23.8 Å². The van der Waals surface area contributed by atoms with Gasteiger partial charge in [-0.05, 0) is 55.1 Å². The van der Waals surface area contributed by atoms with Crippen molar-refractivity contribution in [2.24, 2.45) is 5.92 Å². The molecule has 0 aliphatic carbocycles. The van der Waals surface area contributed by atoms with E-state index in [2.05, 4.69) is 15.7 Å². The number of ether oxygens (including phenoxy) is 1. The van der Waals surface area contributed by atoms with Crippen molar-refractivity contribution >= 4 is 40.2 Å². The second-order valence-corrected chi connectivity index (χ2v) is 9.52. The van der Waals surface area contributed by atoms with Gasteiger partial charge < -0.3 is 9.84 Å². The Labute approximate surface area is 214 Å². The predicted octanol–water partition coefficient (Wildman–Crippen LogP) is 4.90. The lowest BCUT2D eigenvalue weighted by Crippen LogP contribution is -2.57. The Morgan fingerprint density at radius 3 is 2.58 bits per heavy atom. The average molecular weight is 517 g/mol. The molecule has 3 N–H and O–H groups in total. The zero-order valence-electron chi connectivity index (χ0n) is 20.6. The Hall–Kier alpha value is -3.27. The van der Waals surface area contributed by atoms with Gasteiger partial charge in [0.2, 0.25) is 5.91 Å². The number of hydrogen-bond acceptors (Lipinski definition) is 6. The molecule has 36 heavy (non-hydrogen) atoms. The fourth-order valence-electron chi connectivity index (χ4n) is 3.67. The molecule has 3 rings (SSSR count). The Kier molecular flexibility index (Phi) is 8.84. The molecule has 1 unspecified atom stereocenters. The number of hydrogen-bond donors (Lipinski definition) is 3. The van der Waals surface area contributed by atoms with Gasteiger partial charge >= 0.3 is 6.09 Å². The third-order valence-corrected chi connectivity index (χ3v) is 6.43. The molecule has 0 spiro atoms. The highest BCUT2D eigenvalue weighted by molar-refractivity contribution is 6.31.